The first-order chi connectivity index (χ1) is 18.8. The molecule has 1 aliphatic heterocycles. The van der Waals surface area contributed by atoms with Gasteiger partial charge in [0.15, 0.2) is 0 Å². The highest BCUT2D eigenvalue weighted by molar-refractivity contribution is 6.35. The van der Waals surface area contributed by atoms with E-state index in [1.54, 1.807) is 30.5 Å². The summed E-state index contributed by atoms with van der Waals surface area (Å²) < 4.78 is 9.68. The second-order valence-corrected chi connectivity index (χ2v) is 11.0. The summed E-state index contributed by atoms with van der Waals surface area (Å²) in [6, 6.07) is 14.0. The maximum atomic E-state index is 9.86. The van der Waals surface area contributed by atoms with Crippen LogP contribution in [0.3, 0.4) is 0 Å². The van der Waals surface area contributed by atoms with Crippen molar-refractivity contribution in [3.05, 3.63) is 76.2 Å². The predicted molar refractivity (Wildman–Crippen MR) is 149 cm³/mol. The monoisotopic (exact) mass is 525 g/mol. The third kappa shape index (κ3) is 4.69. The van der Waals surface area contributed by atoms with Crippen molar-refractivity contribution in [2.24, 2.45) is 5.41 Å². The number of anilines is 2. The lowest BCUT2D eigenvalue weighted by molar-refractivity contribution is 0.180. The molecule has 192 valence electrons. The van der Waals surface area contributed by atoms with Crippen molar-refractivity contribution >= 4 is 33.9 Å². The van der Waals surface area contributed by atoms with Crippen LogP contribution >= 0.6 is 11.6 Å². The van der Waals surface area contributed by atoms with E-state index in [-0.39, 0.29) is 5.41 Å². The molecular weight excluding hydrogens is 496 g/mol. The molecule has 1 atom stereocenters. The summed E-state index contributed by atoms with van der Waals surface area (Å²) >= 11 is 6.75. The fourth-order valence-corrected chi connectivity index (χ4v) is 5.32. The van der Waals surface area contributed by atoms with Gasteiger partial charge in [0, 0.05) is 36.1 Å². The molecular formula is C29H29ClN8. The Morgan fingerprint density at radius 1 is 1.26 bits per heavy atom. The number of fused-ring (bicyclic) bond motifs is 1. The van der Waals surface area contributed by atoms with Crippen LogP contribution in [0.15, 0.2) is 54.5 Å². The number of hydrogen-bond acceptors (Lipinski definition) is 8. The molecule has 8 nitrogen and oxygen atoms in total. The molecule has 2 fully saturated rings. The Balaban J connectivity index is 1.43. The number of benzene rings is 2. The van der Waals surface area contributed by atoms with Crippen molar-refractivity contribution in [1.29, 1.82) is 10.5 Å². The van der Waals surface area contributed by atoms with Crippen molar-refractivity contribution in [2.75, 3.05) is 17.2 Å². The maximum absolute atomic E-state index is 9.86. The summed E-state index contributed by atoms with van der Waals surface area (Å²) in [7, 11) is 0. The summed E-state index contributed by atoms with van der Waals surface area (Å²) in [6.45, 7) is 3.00. The van der Waals surface area contributed by atoms with E-state index in [1.807, 2.05) is 23.3 Å². The van der Waals surface area contributed by atoms with Crippen LogP contribution in [0.2, 0.25) is 5.02 Å². The van der Waals surface area contributed by atoms with Gasteiger partial charge in [0.05, 0.1) is 46.5 Å². The highest BCUT2D eigenvalue weighted by atomic mass is 35.5. The van der Waals surface area contributed by atoms with Crippen LogP contribution < -0.4 is 21.6 Å². The van der Waals surface area contributed by atoms with Gasteiger partial charge in [0.2, 0.25) is 0 Å². The van der Waals surface area contributed by atoms with Crippen molar-refractivity contribution in [3.8, 4) is 12.1 Å². The fraction of sp³-hybridized carbons (Fsp3) is 0.345. The maximum Gasteiger partial charge on any atom is 0.103 e. The number of pyridine rings is 1. The van der Waals surface area contributed by atoms with Crippen LogP contribution in [0, 0.1) is 28.1 Å². The second-order valence-electron chi connectivity index (χ2n) is 10.6. The Kier molecular flexibility index (Phi) is 5.92. The van der Waals surface area contributed by atoms with E-state index in [0.29, 0.717) is 55.7 Å². The van der Waals surface area contributed by atoms with Crippen molar-refractivity contribution in [1.82, 2.24) is 21.0 Å². The second kappa shape index (κ2) is 9.72. The lowest BCUT2D eigenvalue weighted by Crippen LogP contribution is -2.38. The first-order valence-corrected chi connectivity index (χ1v) is 13.3. The topological polar surface area (TPSA) is 112 Å². The van der Waals surface area contributed by atoms with E-state index in [4.69, 9.17) is 11.6 Å². The highest BCUT2D eigenvalue weighted by Crippen LogP contribution is 2.42. The number of rotatable bonds is 8. The molecule has 0 spiro atoms. The molecule has 6 rings (SSSR count). The summed E-state index contributed by atoms with van der Waals surface area (Å²) in [6.07, 6.45) is 9.15. The molecule has 3 aliphatic rings. The fourth-order valence-electron chi connectivity index (χ4n) is 5.05. The van der Waals surface area contributed by atoms with Crippen molar-refractivity contribution in [2.45, 2.75) is 51.1 Å². The number of hydrazine groups is 2. The molecule has 0 radical (unpaired) electrons. The Hall–Kier alpha value is -3.98. The normalized spacial score (nSPS) is 19.7. The number of hydrogen-bond donors (Lipinski definition) is 4. The molecule has 2 heterocycles. The van der Waals surface area contributed by atoms with Gasteiger partial charge in [0.25, 0.3) is 0 Å². The van der Waals surface area contributed by atoms with Gasteiger partial charge in [-0.25, -0.2) is 0 Å². The van der Waals surface area contributed by atoms with Gasteiger partial charge in [0.1, 0.15) is 6.07 Å². The highest BCUT2D eigenvalue weighted by Gasteiger charge is 2.33. The Morgan fingerprint density at radius 3 is 2.82 bits per heavy atom. The molecule has 0 amide bonds. The molecule has 38 heavy (non-hydrogen) atoms. The van der Waals surface area contributed by atoms with Gasteiger partial charge in [-0.15, -0.1) is 5.53 Å². The van der Waals surface area contributed by atoms with Crippen LogP contribution in [-0.4, -0.2) is 22.6 Å². The van der Waals surface area contributed by atoms with E-state index < -0.39 is 6.02 Å². The van der Waals surface area contributed by atoms with Gasteiger partial charge in [-0.2, -0.15) is 10.5 Å². The zero-order valence-electron chi connectivity index (χ0n) is 22.1. The summed E-state index contributed by atoms with van der Waals surface area (Å²) in [4.78, 5) is 4.48. The van der Waals surface area contributed by atoms with Crippen LogP contribution in [0.25, 0.3) is 10.9 Å². The summed E-state index contributed by atoms with van der Waals surface area (Å²) in [5.41, 5.74) is 10.5. The van der Waals surface area contributed by atoms with Crippen molar-refractivity contribution < 1.29 is 1.37 Å². The molecule has 9 heteroatoms. The molecule has 2 saturated carbocycles. The first kappa shape index (κ1) is 23.2. The number of nitrogens with one attached hydrogen (secondary N) is 4. The van der Waals surface area contributed by atoms with E-state index in [0.717, 1.165) is 32.2 Å². The van der Waals surface area contributed by atoms with Gasteiger partial charge >= 0.3 is 0 Å². The molecule has 2 aromatic carbocycles. The number of aromatic nitrogens is 1. The largest absolute Gasteiger partial charge is 0.383 e. The summed E-state index contributed by atoms with van der Waals surface area (Å²) in [5, 5.41) is 29.4. The van der Waals surface area contributed by atoms with Crippen LogP contribution in [0.1, 0.15) is 63.1 Å². The molecule has 1 aromatic heterocycles. The molecule has 1 unspecified atom stereocenters. The van der Waals surface area contributed by atoms with E-state index in [2.05, 4.69) is 45.6 Å². The molecule has 0 saturated heterocycles. The minimum absolute atomic E-state index is 0.200. The number of nitriles is 2. The lowest BCUT2D eigenvalue weighted by Gasteiger charge is -2.38. The van der Waals surface area contributed by atoms with Crippen LogP contribution in [-0.2, 0) is 0 Å². The quantitative estimate of drug-likeness (QED) is 0.295. The minimum atomic E-state index is -1.48. The smallest absolute Gasteiger partial charge is 0.103 e. The van der Waals surface area contributed by atoms with Crippen LogP contribution in [0.4, 0.5) is 11.4 Å². The Morgan fingerprint density at radius 2 is 2.11 bits per heavy atom. The molecule has 3 aromatic rings. The van der Waals surface area contributed by atoms with Gasteiger partial charge < -0.3 is 16.1 Å². The van der Waals surface area contributed by atoms with E-state index in [9.17, 15) is 11.9 Å². The van der Waals surface area contributed by atoms with Gasteiger partial charge in [-0.1, -0.05) is 37.1 Å². The number of halogens is 1. The number of nitrogens with zero attached hydrogens (tertiary/aromatic N) is 4. The molecule has 2 aliphatic carbocycles. The van der Waals surface area contributed by atoms with Gasteiger partial charge in [-0.3, -0.25) is 9.99 Å². The molecule has 4 N–H and O–H groups in total. The minimum Gasteiger partial charge on any atom is -0.383 e. The van der Waals surface area contributed by atoms with Gasteiger partial charge in [-0.05, 0) is 60.9 Å². The first-order valence-electron chi connectivity index (χ1n) is 13.4. The third-order valence-electron chi connectivity index (χ3n) is 7.65. The average molecular weight is 526 g/mol. The van der Waals surface area contributed by atoms with Crippen molar-refractivity contribution in [3.63, 3.8) is 0 Å². The third-order valence-corrected chi connectivity index (χ3v) is 7.93. The zero-order chi connectivity index (χ0) is 27.2. The SMILES string of the molecule is [2H]C(Nc1cc(Cl)c2ncc(C#N)c(NCC3(C)CCC3)c2c1)(C1=CN(C2CC2)NN1)c1cccc(C#N)c1. The molecule has 0 bridgehead atoms. The predicted octanol–water partition coefficient (Wildman–Crippen LogP) is 5.72. The Bertz CT molecular complexity index is 1570. The zero-order valence-corrected chi connectivity index (χ0v) is 21.9. The van der Waals surface area contributed by atoms with Crippen LogP contribution in [0.5, 0.6) is 0 Å². The van der Waals surface area contributed by atoms with E-state index in [1.165, 1.54) is 6.42 Å². The average Bonchev–Trinajstić information content (AvgIpc) is 3.66. The lowest BCUT2D eigenvalue weighted by atomic mass is 9.70. The summed E-state index contributed by atoms with van der Waals surface area (Å²) in [5.74, 6) is 0. The van der Waals surface area contributed by atoms with E-state index >= 15 is 0 Å². The Labute approximate surface area is 228 Å². The standard InChI is InChI=1S/C29H29ClN8/c1-29(8-3-9-29)17-34-26-20(14-32)15-33-28-23(26)11-21(12-24(28)30)35-27(19-5-2-4-18(10-19)13-31)25-16-38(37-36-25)22-6-7-22/h2,4-5,10-12,15-16,22,27,35-37H,3,6-9,17H2,1H3,(H,33,34)/i27D.